The van der Waals surface area contributed by atoms with E-state index < -0.39 is 116 Å². The number of carbonyl (C=O) groups excluding carboxylic acids is 4. The summed E-state index contributed by atoms with van der Waals surface area (Å²) in [6.45, 7) is 5.59. The second kappa shape index (κ2) is 17.0. The molecule has 0 saturated carbocycles. The van der Waals surface area contributed by atoms with Crippen molar-refractivity contribution >= 4 is 23.4 Å². The van der Waals surface area contributed by atoms with Crippen molar-refractivity contribution in [2.24, 2.45) is 5.92 Å². The number of rotatable bonds is 15. The Kier molecular flexibility index (Phi) is 14.6. The molecule has 0 spiro atoms. The number of amides is 2. The third-order valence-corrected chi connectivity index (χ3v) is 7.76. The van der Waals surface area contributed by atoms with Crippen LogP contribution in [0.25, 0.3) is 0 Å². The molecule has 2 amide bonds. The Morgan fingerprint density at radius 3 is 1.93 bits per heavy atom. The van der Waals surface area contributed by atoms with Gasteiger partial charge in [-0.15, -0.1) is 0 Å². The summed E-state index contributed by atoms with van der Waals surface area (Å²) >= 11 is 0. The molecule has 0 radical (unpaired) electrons. The Labute approximate surface area is 255 Å². The molecule has 17 heteroatoms. The largest absolute Gasteiger partial charge is 0.394 e. The Hall–Kier alpha value is -2.16. The lowest BCUT2D eigenvalue weighted by atomic mass is 9.94. The Morgan fingerprint density at radius 1 is 0.841 bits per heavy atom. The number of ketones is 2. The van der Waals surface area contributed by atoms with Crippen LogP contribution in [0.2, 0.25) is 0 Å². The molecule has 2 saturated heterocycles. The molecule has 254 valence electrons. The summed E-state index contributed by atoms with van der Waals surface area (Å²) < 4.78 is 22.9. The monoisotopic (exact) mass is 637 g/mol. The molecular formula is C27H47N3O14. The molecule has 2 aliphatic rings. The lowest BCUT2D eigenvalue weighted by Crippen LogP contribution is -2.68. The van der Waals surface area contributed by atoms with Crippen molar-refractivity contribution in [2.75, 3.05) is 20.3 Å². The molecule has 0 aliphatic carbocycles. The molecule has 0 aromatic heterocycles. The average molecular weight is 638 g/mol. The number of carbonyl (C=O) groups is 4. The smallest absolute Gasteiger partial charge is 0.223 e. The highest BCUT2D eigenvalue weighted by molar-refractivity contribution is 5.92. The second-order valence-electron chi connectivity index (χ2n) is 11.3. The van der Waals surface area contributed by atoms with E-state index in [9.17, 15) is 49.8 Å². The van der Waals surface area contributed by atoms with Crippen LogP contribution in [0.4, 0.5) is 0 Å². The SMILES string of the molecule is CN[C@H](C(=O)C[C@@H](C)C(=O)N[C@@H](C)C(C)=O)C(C)O[C@H]1OC(CO)[C@H](O)[C@H](O[C@@H]2OC(CO)[C@H](O)[C@H](O)C2O)C1NC(C)=O. The minimum absolute atomic E-state index is 0.211. The van der Waals surface area contributed by atoms with E-state index in [2.05, 4.69) is 16.0 Å². The normalized spacial score (nSPS) is 35.2. The van der Waals surface area contributed by atoms with Crippen LogP contribution < -0.4 is 16.0 Å². The number of ether oxygens (including phenoxy) is 4. The zero-order chi connectivity index (χ0) is 33.5. The predicted octanol–water partition coefficient (Wildman–Crippen LogP) is -4.56. The average Bonchev–Trinajstić information content (AvgIpc) is 2.95. The van der Waals surface area contributed by atoms with Crippen LogP contribution in [0, 0.1) is 5.92 Å². The van der Waals surface area contributed by atoms with Crippen molar-refractivity contribution in [3.63, 3.8) is 0 Å². The Bertz CT molecular complexity index is 985. The van der Waals surface area contributed by atoms with Crippen LogP contribution in [-0.2, 0) is 38.1 Å². The molecule has 44 heavy (non-hydrogen) atoms. The lowest BCUT2D eigenvalue weighted by molar-refractivity contribution is -0.347. The highest BCUT2D eigenvalue weighted by Crippen LogP contribution is 2.30. The number of likely N-dealkylation sites (N-methyl/N-ethyl adjacent to an activating group) is 1. The fraction of sp³-hybridized carbons (Fsp3) is 0.852. The van der Waals surface area contributed by atoms with E-state index >= 15 is 0 Å². The number of nitrogens with one attached hydrogen (secondary N) is 3. The zero-order valence-corrected chi connectivity index (χ0v) is 25.7. The first-order valence-electron chi connectivity index (χ1n) is 14.4. The van der Waals surface area contributed by atoms with Crippen molar-refractivity contribution in [3.8, 4) is 0 Å². The molecule has 2 rings (SSSR count). The van der Waals surface area contributed by atoms with Gasteiger partial charge in [-0.05, 0) is 27.8 Å². The van der Waals surface area contributed by atoms with Gasteiger partial charge in [0.1, 0.15) is 48.8 Å². The molecule has 17 nitrogen and oxygen atoms in total. The van der Waals surface area contributed by atoms with Crippen molar-refractivity contribution in [1.82, 2.24) is 16.0 Å². The summed E-state index contributed by atoms with van der Waals surface area (Å²) in [7, 11) is 1.49. The molecule has 0 bridgehead atoms. The molecule has 2 aliphatic heterocycles. The van der Waals surface area contributed by atoms with Gasteiger partial charge < -0.3 is 65.5 Å². The van der Waals surface area contributed by atoms with E-state index in [1.807, 2.05) is 0 Å². The number of Topliss-reactive ketones (excluding diaryl/α,β-unsaturated/α-hetero) is 2. The van der Waals surface area contributed by atoms with E-state index in [0.29, 0.717) is 0 Å². The van der Waals surface area contributed by atoms with Crippen LogP contribution in [0.1, 0.15) is 41.0 Å². The molecule has 0 aromatic rings. The van der Waals surface area contributed by atoms with Gasteiger partial charge in [-0.1, -0.05) is 6.92 Å². The van der Waals surface area contributed by atoms with E-state index in [1.165, 1.54) is 34.7 Å². The summed E-state index contributed by atoms with van der Waals surface area (Å²) in [5.41, 5.74) is 0. The standard InChI is InChI=1S/C27H47N3O14/c1-10(25(40)29-11(2)12(3)33)7-15(35)18(28-6)13(4)41-26-19(30-14(5)34)24(21(37)17(9-32)42-26)44-27-23(39)22(38)20(36)16(8-31)43-27/h10-11,13,16-24,26-28,31-32,36-39H,7-9H2,1-6H3,(H,29,40)(H,30,34)/t10-,11+,13?,16?,17?,18+,19?,20+,21+,22+,23?,24-,26+,27+/m1/s1. The number of hydrogen-bond acceptors (Lipinski definition) is 15. The predicted molar refractivity (Wildman–Crippen MR) is 148 cm³/mol. The third-order valence-electron chi connectivity index (χ3n) is 7.76. The van der Waals surface area contributed by atoms with Crippen LogP contribution in [0.15, 0.2) is 0 Å². The van der Waals surface area contributed by atoms with Gasteiger partial charge >= 0.3 is 0 Å². The summed E-state index contributed by atoms with van der Waals surface area (Å²) in [5.74, 6) is -2.54. The van der Waals surface area contributed by atoms with Crippen LogP contribution in [-0.4, -0.2) is 154 Å². The van der Waals surface area contributed by atoms with Crippen molar-refractivity contribution < 1.29 is 68.8 Å². The minimum atomic E-state index is -1.84. The molecule has 2 fully saturated rings. The molecule has 2 heterocycles. The maximum atomic E-state index is 13.2. The Morgan fingerprint density at radius 2 is 1.41 bits per heavy atom. The summed E-state index contributed by atoms with van der Waals surface area (Å²) in [4.78, 5) is 49.3. The first kappa shape index (κ1) is 38.0. The molecule has 14 atom stereocenters. The van der Waals surface area contributed by atoms with Gasteiger partial charge in [-0.3, -0.25) is 19.2 Å². The Balaban J connectivity index is 2.26. The minimum Gasteiger partial charge on any atom is -0.394 e. The quantitative estimate of drug-likeness (QED) is 0.0818. The van der Waals surface area contributed by atoms with Crippen molar-refractivity contribution in [1.29, 1.82) is 0 Å². The molecule has 5 unspecified atom stereocenters. The van der Waals surface area contributed by atoms with Crippen LogP contribution in [0.3, 0.4) is 0 Å². The van der Waals surface area contributed by atoms with Gasteiger partial charge in [0.05, 0.1) is 31.4 Å². The van der Waals surface area contributed by atoms with Crippen LogP contribution in [0.5, 0.6) is 0 Å². The molecule has 9 N–H and O–H groups in total. The lowest BCUT2D eigenvalue weighted by Gasteiger charge is -2.48. The maximum absolute atomic E-state index is 13.2. The maximum Gasteiger partial charge on any atom is 0.223 e. The van der Waals surface area contributed by atoms with Gasteiger partial charge in [0, 0.05) is 19.3 Å². The van der Waals surface area contributed by atoms with Crippen LogP contribution >= 0.6 is 0 Å². The number of aliphatic hydroxyl groups excluding tert-OH is 6. The topological polar surface area (TPSA) is 263 Å². The number of hydrogen-bond donors (Lipinski definition) is 9. The van der Waals surface area contributed by atoms with E-state index in [-0.39, 0.29) is 12.2 Å². The fourth-order valence-electron chi connectivity index (χ4n) is 5.00. The zero-order valence-electron chi connectivity index (χ0n) is 25.7. The van der Waals surface area contributed by atoms with Gasteiger partial charge in [0.25, 0.3) is 0 Å². The van der Waals surface area contributed by atoms with Gasteiger partial charge in [0.2, 0.25) is 11.8 Å². The summed E-state index contributed by atoms with van der Waals surface area (Å²) in [5, 5.41) is 69.0. The van der Waals surface area contributed by atoms with Gasteiger partial charge in [0.15, 0.2) is 24.1 Å². The summed E-state index contributed by atoms with van der Waals surface area (Å²) in [6.07, 6.45) is -15.5. The highest BCUT2D eigenvalue weighted by Gasteiger charge is 2.52. The van der Waals surface area contributed by atoms with Gasteiger partial charge in [-0.2, -0.15) is 0 Å². The third kappa shape index (κ3) is 9.43. The first-order chi connectivity index (χ1) is 20.6. The highest BCUT2D eigenvalue weighted by atomic mass is 16.7. The summed E-state index contributed by atoms with van der Waals surface area (Å²) in [6, 6.07) is -3.05. The molecule has 0 aromatic carbocycles. The molecular weight excluding hydrogens is 590 g/mol. The van der Waals surface area contributed by atoms with Crippen molar-refractivity contribution in [2.45, 2.75) is 121 Å². The second-order valence-corrected chi connectivity index (χ2v) is 11.3. The van der Waals surface area contributed by atoms with Crippen molar-refractivity contribution in [3.05, 3.63) is 0 Å². The van der Waals surface area contributed by atoms with Gasteiger partial charge in [-0.25, -0.2) is 0 Å². The van der Waals surface area contributed by atoms with E-state index in [4.69, 9.17) is 18.9 Å². The first-order valence-corrected chi connectivity index (χ1v) is 14.4. The fourth-order valence-corrected chi connectivity index (χ4v) is 5.00. The van der Waals surface area contributed by atoms with E-state index in [1.54, 1.807) is 0 Å². The number of aliphatic hydroxyl groups is 6. The van der Waals surface area contributed by atoms with E-state index in [0.717, 1.165) is 6.92 Å².